The van der Waals surface area contributed by atoms with Crippen LogP contribution in [0.5, 0.6) is 0 Å². The molecule has 2 aromatic rings. The van der Waals surface area contributed by atoms with Crippen LogP contribution in [-0.2, 0) is 16.1 Å². The molecular weight excluding hydrogens is 492 g/mol. The van der Waals surface area contributed by atoms with E-state index in [2.05, 4.69) is 17.9 Å². The minimum Gasteiger partial charge on any atom is -0.378 e. The predicted molar refractivity (Wildman–Crippen MR) is 148 cm³/mol. The number of pyridine rings is 1. The summed E-state index contributed by atoms with van der Waals surface area (Å²) in [7, 11) is 0. The first kappa shape index (κ1) is 26.1. The van der Waals surface area contributed by atoms with Gasteiger partial charge in [-0.2, -0.15) is 5.26 Å². The number of nitriles is 1. The number of hydrogen-bond acceptors (Lipinski definition) is 7. The lowest BCUT2D eigenvalue weighted by Crippen LogP contribution is -2.41. The molecule has 0 bridgehead atoms. The monoisotopic (exact) mass is 522 g/mol. The van der Waals surface area contributed by atoms with E-state index in [1.54, 1.807) is 16.4 Å². The average molecular weight is 523 g/mol. The quantitative estimate of drug-likeness (QED) is 0.388. The van der Waals surface area contributed by atoms with Crippen molar-refractivity contribution in [3.63, 3.8) is 0 Å². The number of morpholine rings is 1. The van der Waals surface area contributed by atoms with Crippen LogP contribution in [0, 0.1) is 18.3 Å². The number of carbonyl (C=O) groups excluding carboxylic acids is 1. The van der Waals surface area contributed by atoms with Gasteiger partial charge in [-0.1, -0.05) is 67.7 Å². The number of carbonyl (C=O) groups is 1. The van der Waals surface area contributed by atoms with Gasteiger partial charge in [0, 0.05) is 25.2 Å². The fraction of sp³-hybridized carbons (Fsp3) is 0.407. The zero-order chi connectivity index (χ0) is 25.8. The average Bonchev–Trinajstić information content (AvgIpc) is 3.18. The summed E-state index contributed by atoms with van der Waals surface area (Å²) in [5.41, 5.74) is 2.13. The number of thioether (sulfide) groups is 1. The van der Waals surface area contributed by atoms with Crippen molar-refractivity contribution in [2.45, 2.75) is 46.2 Å². The lowest BCUT2D eigenvalue weighted by Gasteiger charge is -2.33. The first-order valence-corrected chi connectivity index (χ1v) is 13.4. The van der Waals surface area contributed by atoms with Crippen molar-refractivity contribution in [3.8, 4) is 6.07 Å². The van der Waals surface area contributed by atoms with Crippen LogP contribution in [0.25, 0.3) is 6.08 Å². The molecule has 0 spiro atoms. The van der Waals surface area contributed by atoms with Crippen molar-refractivity contribution < 1.29 is 9.53 Å². The summed E-state index contributed by atoms with van der Waals surface area (Å²) in [4.78, 5) is 31.2. The van der Waals surface area contributed by atoms with E-state index in [0.717, 1.165) is 29.8 Å². The van der Waals surface area contributed by atoms with Crippen molar-refractivity contribution in [3.05, 3.63) is 67.8 Å². The summed E-state index contributed by atoms with van der Waals surface area (Å²) < 4.78 is 7.76. The van der Waals surface area contributed by atoms with Crippen LogP contribution in [0.15, 0.2) is 40.0 Å². The van der Waals surface area contributed by atoms with Crippen molar-refractivity contribution in [2.24, 2.45) is 0 Å². The molecule has 1 amide bonds. The summed E-state index contributed by atoms with van der Waals surface area (Å²) in [5.74, 6) is 0.577. The highest BCUT2D eigenvalue weighted by Crippen LogP contribution is 2.39. The second-order valence-electron chi connectivity index (χ2n) is 8.90. The second kappa shape index (κ2) is 11.4. The molecule has 0 N–H and O–H groups in total. The molecule has 9 heteroatoms. The number of anilines is 1. The van der Waals surface area contributed by atoms with Crippen LogP contribution >= 0.6 is 24.0 Å². The van der Waals surface area contributed by atoms with Crippen molar-refractivity contribution in [2.75, 3.05) is 31.2 Å². The number of ether oxygens (including phenoxy) is 1. The van der Waals surface area contributed by atoms with Crippen molar-refractivity contribution in [1.29, 1.82) is 5.26 Å². The highest BCUT2D eigenvalue weighted by Gasteiger charge is 2.36. The topological polar surface area (TPSA) is 78.6 Å². The zero-order valence-electron chi connectivity index (χ0n) is 20.8. The van der Waals surface area contributed by atoms with Crippen molar-refractivity contribution in [1.82, 2.24) is 9.47 Å². The first-order valence-electron chi connectivity index (χ1n) is 12.2. The maximum atomic E-state index is 13.6. The lowest BCUT2D eigenvalue weighted by molar-refractivity contribution is -0.123. The molecule has 2 fully saturated rings. The molecule has 36 heavy (non-hydrogen) atoms. The molecule has 2 saturated heterocycles. The van der Waals surface area contributed by atoms with E-state index in [9.17, 15) is 14.9 Å². The number of thiocarbonyl (C=S) groups is 1. The summed E-state index contributed by atoms with van der Waals surface area (Å²) in [6, 6.07) is 11.7. The standard InChI is InChI=1S/C27H30N4O3S2/c1-4-5-11-30-24(29-12-14-34-15-13-29)21(18(2)22(17-28)25(30)32)16-23-26(33)31(27(35)36-23)19(3)20-9-7-6-8-10-20/h6-10,16,19H,4-5,11-15H2,1-3H3/b23-16-. The third-order valence-electron chi connectivity index (χ3n) is 6.66. The van der Waals surface area contributed by atoms with Gasteiger partial charge in [0.2, 0.25) is 0 Å². The third-order valence-corrected chi connectivity index (χ3v) is 7.99. The lowest BCUT2D eigenvalue weighted by atomic mass is 10.0. The highest BCUT2D eigenvalue weighted by molar-refractivity contribution is 8.26. The second-order valence-corrected chi connectivity index (χ2v) is 10.6. The number of unbranched alkanes of at least 4 members (excludes halogenated alkanes) is 1. The number of benzene rings is 1. The van der Waals surface area contributed by atoms with Gasteiger partial charge in [0.05, 0.1) is 24.2 Å². The third kappa shape index (κ3) is 4.99. The molecule has 188 valence electrons. The largest absolute Gasteiger partial charge is 0.378 e. The summed E-state index contributed by atoms with van der Waals surface area (Å²) in [5, 5.41) is 9.85. The van der Waals surface area contributed by atoms with Crippen LogP contribution in [0.4, 0.5) is 5.82 Å². The van der Waals surface area contributed by atoms with E-state index in [0.29, 0.717) is 47.6 Å². The molecule has 0 saturated carbocycles. The number of rotatable bonds is 7. The summed E-state index contributed by atoms with van der Waals surface area (Å²) in [6.07, 6.45) is 3.54. The van der Waals surface area contributed by atoms with Crippen LogP contribution in [0.3, 0.4) is 0 Å². The normalized spacial score (nSPS) is 18.1. The van der Waals surface area contributed by atoms with Crippen LogP contribution in [0.1, 0.15) is 55.0 Å². The number of nitrogens with zero attached hydrogens (tertiary/aromatic N) is 4. The van der Waals surface area contributed by atoms with E-state index < -0.39 is 0 Å². The molecule has 1 atom stereocenters. The van der Waals surface area contributed by atoms with Gasteiger partial charge in [-0.15, -0.1) is 0 Å². The fourth-order valence-corrected chi connectivity index (χ4v) is 6.01. The Labute approximate surface area is 221 Å². The Hall–Kier alpha value is -2.93. The Bertz CT molecular complexity index is 1290. The SMILES string of the molecule is CCCCn1c(N2CCOCC2)c(/C=C2\SC(=S)N(C(C)c3ccccc3)C2=O)c(C)c(C#N)c1=O. The van der Waals surface area contributed by atoms with Crippen LogP contribution in [0.2, 0.25) is 0 Å². The predicted octanol–water partition coefficient (Wildman–Crippen LogP) is 4.63. The number of amides is 1. The van der Waals surface area contributed by atoms with Gasteiger partial charge in [0.1, 0.15) is 21.8 Å². The van der Waals surface area contributed by atoms with Gasteiger partial charge < -0.3 is 9.64 Å². The minimum absolute atomic E-state index is 0.113. The van der Waals surface area contributed by atoms with E-state index in [1.165, 1.54) is 11.8 Å². The van der Waals surface area contributed by atoms with E-state index in [1.807, 2.05) is 43.3 Å². The molecule has 0 radical (unpaired) electrons. The van der Waals surface area contributed by atoms with E-state index in [-0.39, 0.29) is 23.1 Å². The van der Waals surface area contributed by atoms with Gasteiger partial charge >= 0.3 is 0 Å². The molecule has 1 unspecified atom stereocenters. The van der Waals surface area contributed by atoms with Gasteiger partial charge in [-0.05, 0) is 37.5 Å². The Morgan fingerprint density at radius 2 is 1.92 bits per heavy atom. The minimum atomic E-state index is -0.285. The fourth-order valence-electron chi connectivity index (χ4n) is 4.61. The van der Waals surface area contributed by atoms with Gasteiger partial charge in [-0.3, -0.25) is 19.1 Å². The summed E-state index contributed by atoms with van der Waals surface area (Å²) >= 11 is 6.88. The highest BCUT2D eigenvalue weighted by atomic mass is 32.2. The zero-order valence-corrected chi connectivity index (χ0v) is 22.5. The Morgan fingerprint density at radius 3 is 2.56 bits per heavy atom. The van der Waals surface area contributed by atoms with Crippen LogP contribution < -0.4 is 10.5 Å². The summed E-state index contributed by atoms with van der Waals surface area (Å²) in [6.45, 7) is 8.68. The molecule has 3 heterocycles. The molecule has 7 nitrogen and oxygen atoms in total. The molecule has 1 aromatic carbocycles. The maximum Gasteiger partial charge on any atom is 0.270 e. The Kier molecular flexibility index (Phi) is 8.29. The van der Waals surface area contributed by atoms with Gasteiger partial charge in [0.25, 0.3) is 11.5 Å². The molecular formula is C27H30N4O3S2. The molecule has 2 aliphatic rings. The van der Waals surface area contributed by atoms with Gasteiger partial charge in [0.15, 0.2) is 0 Å². The molecule has 4 rings (SSSR count). The smallest absolute Gasteiger partial charge is 0.270 e. The molecule has 1 aromatic heterocycles. The molecule has 0 aliphatic carbocycles. The van der Waals surface area contributed by atoms with Gasteiger partial charge in [-0.25, -0.2) is 0 Å². The first-order chi connectivity index (χ1) is 17.4. The maximum absolute atomic E-state index is 13.6. The van der Waals surface area contributed by atoms with Crippen molar-refractivity contribution >= 4 is 46.1 Å². The number of aromatic nitrogens is 1. The Morgan fingerprint density at radius 1 is 1.22 bits per heavy atom. The van der Waals surface area contributed by atoms with E-state index in [4.69, 9.17) is 17.0 Å². The Balaban J connectivity index is 1.84. The number of hydrogen-bond donors (Lipinski definition) is 0. The molecule has 2 aliphatic heterocycles. The van der Waals surface area contributed by atoms with Crippen LogP contribution in [-0.4, -0.2) is 46.0 Å². The van der Waals surface area contributed by atoms with E-state index >= 15 is 0 Å².